The lowest BCUT2D eigenvalue weighted by atomic mass is 10.4. The van der Waals surface area contributed by atoms with Crippen molar-refractivity contribution in [3.05, 3.63) is 0 Å². The molecule has 2 radical (unpaired) electrons. The summed E-state index contributed by atoms with van der Waals surface area (Å²) in [6.07, 6.45) is -1.29. The molecule has 0 fully saturated rings. The van der Waals surface area contributed by atoms with E-state index >= 15 is 0 Å². The molecule has 0 heterocycles. The SMILES string of the molecule is [O]C(=O)C(O)[C]=O. The van der Waals surface area contributed by atoms with Crippen LogP contribution >= 0.6 is 0 Å². The molecule has 1 atom stereocenters. The first-order valence-corrected chi connectivity index (χ1v) is 1.45. The van der Waals surface area contributed by atoms with Gasteiger partial charge in [-0.2, -0.15) is 0 Å². The molecule has 0 bridgehead atoms. The predicted molar refractivity (Wildman–Crippen MR) is 17.4 cm³/mol. The molecule has 4 nitrogen and oxygen atoms in total. The zero-order valence-electron chi connectivity index (χ0n) is 3.25. The molecule has 0 spiro atoms. The van der Waals surface area contributed by atoms with Crippen molar-refractivity contribution in [1.82, 2.24) is 0 Å². The van der Waals surface area contributed by atoms with Crippen molar-refractivity contribution >= 4 is 12.3 Å². The van der Waals surface area contributed by atoms with E-state index in [9.17, 15) is 9.90 Å². The second-order valence-electron chi connectivity index (χ2n) is 0.839. The molecule has 38 valence electrons. The van der Waals surface area contributed by atoms with E-state index in [-0.39, 0.29) is 0 Å². The van der Waals surface area contributed by atoms with Crippen LogP contribution in [0.15, 0.2) is 0 Å². The number of hydrogen-bond acceptors (Lipinski definition) is 3. The molecular formula is C3H2O4. The summed E-state index contributed by atoms with van der Waals surface area (Å²) in [5.41, 5.74) is 0. The summed E-state index contributed by atoms with van der Waals surface area (Å²) in [6, 6.07) is 0. The highest BCUT2D eigenvalue weighted by atomic mass is 16.4. The molecule has 1 N–H and O–H groups in total. The zero-order chi connectivity index (χ0) is 5.86. The van der Waals surface area contributed by atoms with Gasteiger partial charge in [-0.1, -0.05) is 0 Å². The fourth-order valence-corrected chi connectivity index (χ4v) is 0.0481. The molecule has 4 heteroatoms. The zero-order valence-corrected chi connectivity index (χ0v) is 3.25. The van der Waals surface area contributed by atoms with E-state index in [1.54, 1.807) is 0 Å². The molecule has 0 aromatic rings. The van der Waals surface area contributed by atoms with E-state index in [1.165, 1.54) is 0 Å². The third-order valence-corrected chi connectivity index (χ3v) is 0.335. The van der Waals surface area contributed by atoms with Crippen molar-refractivity contribution in [3.8, 4) is 0 Å². The van der Waals surface area contributed by atoms with Gasteiger partial charge in [0, 0.05) is 0 Å². The third-order valence-electron chi connectivity index (χ3n) is 0.335. The number of aliphatic hydroxyl groups is 1. The topological polar surface area (TPSA) is 74.3 Å². The van der Waals surface area contributed by atoms with Gasteiger partial charge in [-0.05, 0) is 0 Å². The van der Waals surface area contributed by atoms with Gasteiger partial charge in [-0.25, -0.2) is 9.90 Å². The number of aliphatic hydroxyl groups excluding tert-OH is 1. The summed E-state index contributed by atoms with van der Waals surface area (Å²) in [7, 11) is 0. The van der Waals surface area contributed by atoms with Gasteiger partial charge in [0.05, 0.1) is 0 Å². The largest absolute Gasteiger partial charge is 0.391 e. The molecule has 0 aromatic carbocycles. The lowest BCUT2D eigenvalue weighted by Gasteiger charge is -1.83. The average Bonchev–Trinajstić information content (AvgIpc) is 1.65. The van der Waals surface area contributed by atoms with Crippen molar-refractivity contribution in [1.29, 1.82) is 0 Å². The summed E-state index contributed by atoms with van der Waals surface area (Å²) in [4.78, 5) is 18.5. The Kier molecular flexibility index (Phi) is 2.01. The van der Waals surface area contributed by atoms with Crippen LogP contribution in [0.1, 0.15) is 0 Å². The average molecular weight is 102 g/mol. The van der Waals surface area contributed by atoms with Gasteiger partial charge < -0.3 is 5.11 Å². The normalized spacial score (nSPS) is 12.7. The molecule has 0 rings (SSSR count). The van der Waals surface area contributed by atoms with Crippen LogP contribution in [-0.4, -0.2) is 23.5 Å². The maximum absolute atomic E-state index is 9.31. The second kappa shape index (κ2) is 2.30. The number of carbonyl (C=O) groups is 1. The van der Waals surface area contributed by atoms with E-state index in [0.29, 0.717) is 0 Å². The van der Waals surface area contributed by atoms with Crippen LogP contribution in [0.25, 0.3) is 0 Å². The predicted octanol–water partition coefficient (Wildman–Crippen LogP) is -1.59. The van der Waals surface area contributed by atoms with Gasteiger partial charge in [0.2, 0.25) is 12.4 Å². The van der Waals surface area contributed by atoms with Crippen molar-refractivity contribution in [2.24, 2.45) is 0 Å². The maximum atomic E-state index is 9.31. The Hall–Kier alpha value is -0.900. The first-order valence-electron chi connectivity index (χ1n) is 1.45. The molecule has 1 unspecified atom stereocenters. The lowest BCUT2D eigenvalue weighted by Crippen LogP contribution is -2.18. The van der Waals surface area contributed by atoms with Crippen LogP contribution < -0.4 is 0 Å². The van der Waals surface area contributed by atoms with Gasteiger partial charge in [0.15, 0.2) is 0 Å². The Morgan fingerprint density at radius 2 is 2.14 bits per heavy atom. The molecule has 0 aliphatic heterocycles. The summed E-state index contributed by atoms with van der Waals surface area (Å²) < 4.78 is 0. The maximum Gasteiger partial charge on any atom is 0.391 e. The van der Waals surface area contributed by atoms with Crippen molar-refractivity contribution in [3.63, 3.8) is 0 Å². The fourth-order valence-electron chi connectivity index (χ4n) is 0.0481. The summed E-state index contributed by atoms with van der Waals surface area (Å²) >= 11 is 0. The quantitative estimate of drug-likeness (QED) is 0.427. The second-order valence-corrected chi connectivity index (χ2v) is 0.839. The minimum absolute atomic E-state index is 0.808. The Morgan fingerprint density at radius 3 is 2.14 bits per heavy atom. The molecule has 0 saturated heterocycles. The molecule has 0 aliphatic rings. The van der Waals surface area contributed by atoms with Crippen LogP contribution in [0.5, 0.6) is 0 Å². The third kappa shape index (κ3) is 1.88. The van der Waals surface area contributed by atoms with E-state index < -0.39 is 12.1 Å². The van der Waals surface area contributed by atoms with Gasteiger partial charge >= 0.3 is 5.97 Å². The fraction of sp³-hybridized carbons (Fsp3) is 0.333. The molecular weight excluding hydrogens is 100 g/mol. The van der Waals surface area contributed by atoms with E-state index in [0.717, 1.165) is 6.29 Å². The minimum Gasteiger partial charge on any atom is -0.374 e. The first-order chi connectivity index (χ1) is 3.18. The summed E-state index contributed by atoms with van der Waals surface area (Å²) in [6.45, 7) is 0. The van der Waals surface area contributed by atoms with Crippen LogP contribution in [-0.2, 0) is 14.7 Å². The Morgan fingerprint density at radius 1 is 1.71 bits per heavy atom. The van der Waals surface area contributed by atoms with E-state index in [4.69, 9.17) is 9.90 Å². The summed E-state index contributed by atoms with van der Waals surface area (Å²) in [5, 5.41) is 17.2. The molecule has 0 saturated carbocycles. The highest BCUT2D eigenvalue weighted by Crippen LogP contribution is 1.72. The number of rotatable bonds is 2. The monoisotopic (exact) mass is 102 g/mol. The lowest BCUT2D eigenvalue weighted by molar-refractivity contribution is -0.149. The summed E-state index contributed by atoms with van der Waals surface area (Å²) in [5.74, 6) is -1.82. The number of hydrogen-bond donors (Lipinski definition) is 1. The molecule has 0 aliphatic carbocycles. The minimum atomic E-state index is -2.10. The molecule has 0 amide bonds. The van der Waals surface area contributed by atoms with E-state index in [1.807, 2.05) is 0 Å². The Balaban J connectivity index is 3.55. The van der Waals surface area contributed by atoms with E-state index in [2.05, 4.69) is 0 Å². The molecule has 0 aromatic heterocycles. The van der Waals surface area contributed by atoms with Crippen molar-refractivity contribution in [2.45, 2.75) is 6.10 Å². The Bertz CT molecular complexity index is 86.9. The van der Waals surface area contributed by atoms with Gasteiger partial charge in [-0.15, -0.1) is 0 Å². The first kappa shape index (κ1) is 6.10. The highest BCUT2D eigenvalue weighted by Gasteiger charge is 2.13. The van der Waals surface area contributed by atoms with Gasteiger partial charge in [0.1, 0.15) is 0 Å². The van der Waals surface area contributed by atoms with Crippen LogP contribution in [0.3, 0.4) is 0 Å². The Labute approximate surface area is 39.4 Å². The van der Waals surface area contributed by atoms with Crippen LogP contribution in [0, 0.1) is 0 Å². The van der Waals surface area contributed by atoms with Crippen molar-refractivity contribution < 1.29 is 19.8 Å². The van der Waals surface area contributed by atoms with Gasteiger partial charge in [0.25, 0.3) is 0 Å². The standard InChI is InChI=1S/C3H2O4/c4-1-2(5)3(6)7/h2,5H. The van der Waals surface area contributed by atoms with Gasteiger partial charge in [-0.3, -0.25) is 4.79 Å². The van der Waals surface area contributed by atoms with Crippen molar-refractivity contribution in [2.75, 3.05) is 0 Å². The van der Waals surface area contributed by atoms with Crippen LogP contribution in [0.2, 0.25) is 0 Å². The highest BCUT2D eigenvalue weighted by molar-refractivity contribution is 5.88. The smallest absolute Gasteiger partial charge is 0.374 e. The number of carbonyl (C=O) groups excluding carboxylic acids is 2. The molecule has 7 heavy (non-hydrogen) atoms. The van der Waals surface area contributed by atoms with Crippen LogP contribution in [0.4, 0.5) is 0 Å².